The van der Waals surface area contributed by atoms with Crippen LogP contribution in [0.15, 0.2) is 49.1 Å². The molecule has 0 heteroatoms. The van der Waals surface area contributed by atoms with E-state index in [0.29, 0.717) is 0 Å². The van der Waals surface area contributed by atoms with Crippen molar-refractivity contribution in [3.05, 3.63) is 49.1 Å². The van der Waals surface area contributed by atoms with E-state index in [1.807, 2.05) is 19.9 Å². The molecule has 0 fully saturated rings. The smallest absolute Gasteiger partial charge is 0.0376 e. The fourth-order valence-electron chi connectivity index (χ4n) is 0.232. The van der Waals surface area contributed by atoms with Gasteiger partial charge >= 0.3 is 0 Å². The van der Waals surface area contributed by atoms with Gasteiger partial charge in [0.05, 0.1) is 0 Å². The Morgan fingerprint density at radius 3 is 1.67 bits per heavy atom. The number of hydrogen-bond donors (Lipinski definition) is 0. The minimum absolute atomic E-state index is 1.06. The van der Waals surface area contributed by atoms with Gasteiger partial charge in [-0.15, -0.1) is 0 Å². The monoisotopic (exact) mass is 164 g/mol. The Bertz CT molecular complexity index is 158. The van der Waals surface area contributed by atoms with E-state index in [2.05, 4.69) is 32.7 Å². The van der Waals surface area contributed by atoms with Gasteiger partial charge in [-0.2, -0.15) is 0 Å². The third-order valence-electron chi connectivity index (χ3n) is 1.24. The largest absolute Gasteiger partial charge is 0.0991 e. The normalized spacial score (nSPS) is 8.58. The Balaban J connectivity index is 0. The highest BCUT2D eigenvalue weighted by Crippen LogP contribution is 1.98. The fraction of sp³-hybridized carbons (Fsp3) is 0.333. The molecule has 0 atom stereocenters. The summed E-state index contributed by atoms with van der Waals surface area (Å²) in [6.07, 6.45) is 6.89. The SMILES string of the molecule is C=C(C)C(=C)C.C=C/C=C/CC. The molecule has 0 bridgehead atoms. The third-order valence-corrected chi connectivity index (χ3v) is 1.24. The van der Waals surface area contributed by atoms with Gasteiger partial charge < -0.3 is 0 Å². The Kier molecular flexibility index (Phi) is 11.2. The molecule has 12 heavy (non-hydrogen) atoms. The highest BCUT2D eigenvalue weighted by molar-refractivity contribution is 5.19. The van der Waals surface area contributed by atoms with Crippen molar-refractivity contribution < 1.29 is 0 Å². The lowest BCUT2D eigenvalue weighted by Gasteiger charge is -1.88. The quantitative estimate of drug-likeness (QED) is 0.546. The molecule has 0 aliphatic heterocycles. The van der Waals surface area contributed by atoms with Gasteiger partial charge in [0.1, 0.15) is 0 Å². The number of allylic oxidation sites excluding steroid dienone is 5. The van der Waals surface area contributed by atoms with E-state index in [4.69, 9.17) is 0 Å². The van der Waals surface area contributed by atoms with Crippen LogP contribution in [0.3, 0.4) is 0 Å². The van der Waals surface area contributed by atoms with Crippen molar-refractivity contribution in [2.45, 2.75) is 27.2 Å². The van der Waals surface area contributed by atoms with Gasteiger partial charge in [0.2, 0.25) is 0 Å². The lowest BCUT2D eigenvalue weighted by molar-refractivity contribution is 1.22. The topological polar surface area (TPSA) is 0 Å². The molecule has 0 radical (unpaired) electrons. The molecule has 0 saturated carbocycles. The number of rotatable bonds is 3. The van der Waals surface area contributed by atoms with Crippen molar-refractivity contribution in [1.29, 1.82) is 0 Å². The van der Waals surface area contributed by atoms with Crippen molar-refractivity contribution in [2.24, 2.45) is 0 Å². The van der Waals surface area contributed by atoms with Crippen LogP contribution in [0.1, 0.15) is 27.2 Å². The molecule has 0 aromatic carbocycles. The molecular weight excluding hydrogens is 144 g/mol. The van der Waals surface area contributed by atoms with Crippen molar-refractivity contribution in [3.8, 4) is 0 Å². The van der Waals surface area contributed by atoms with Crippen LogP contribution in [0.2, 0.25) is 0 Å². The second kappa shape index (κ2) is 9.96. The Labute approximate surface area is 77.0 Å². The lowest BCUT2D eigenvalue weighted by Crippen LogP contribution is -1.67. The van der Waals surface area contributed by atoms with Crippen LogP contribution in [0.4, 0.5) is 0 Å². The zero-order valence-electron chi connectivity index (χ0n) is 8.56. The second-order valence-electron chi connectivity index (χ2n) is 2.63. The van der Waals surface area contributed by atoms with Crippen LogP contribution >= 0.6 is 0 Å². The van der Waals surface area contributed by atoms with Crippen molar-refractivity contribution in [1.82, 2.24) is 0 Å². The molecule has 0 saturated heterocycles. The van der Waals surface area contributed by atoms with E-state index in [0.717, 1.165) is 17.6 Å². The standard InChI is InChI=1S/2C6H10/c1-5(2)6(3)4;1-3-5-6-4-2/h1,3H2,2,4H3;3,5-6H,1,4H2,2H3/b;6-5+. The lowest BCUT2D eigenvalue weighted by atomic mass is 10.2. The maximum atomic E-state index is 3.66. The van der Waals surface area contributed by atoms with Gasteiger partial charge in [-0.1, -0.05) is 56.0 Å². The first-order valence-electron chi connectivity index (χ1n) is 4.15. The molecule has 0 rings (SSSR count). The first-order chi connectivity index (χ1) is 5.56. The van der Waals surface area contributed by atoms with E-state index >= 15 is 0 Å². The zero-order chi connectivity index (χ0) is 9.98. The summed E-state index contributed by atoms with van der Waals surface area (Å²) in [5.74, 6) is 0. The molecule has 0 aliphatic carbocycles. The summed E-state index contributed by atoms with van der Waals surface area (Å²) in [5, 5.41) is 0. The van der Waals surface area contributed by atoms with Crippen molar-refractivity contribution in [2.75, 3.05) is 0 Å². The predicted molar refractivity (Wildman–Crippen MR) is 59.3 cm³/mol. The molecule has 0 heterocycles. The first kappa shape index (κ1) is 13.5. The predicted octanol–water partition coefficient (Wildman–Crippen LogP) is 4.28. The molecule has 0 N–H and O–H groups in total. The average molecular weight is 164 g/mol. The van der Waals surface area contributed by atoms with Crippen LogP contribution in [0, 0.1) is 0 Å². The second-order valence-corrected chi connectivity index (χ2v) is 2.63. The maximum Gasteiger partial charge on any atom is -0.0376 e. The molecule has 0 aliphatic rings. The minimum Gasteiger partial charge on any atom is -0.0991 e. The molecule has 0 unspecified atom stereocenters. The zero-order valence-corrected chi connectivity index (χ0v) is 8.56. The van der Waals surface area contributed by atoms with E-state index < -0.39 is 0 Å². The van der Waals surface area contributed by atoms with E-state index in [1.54, 1.807) is 6.08 Å². The summed E-state index contributed by atoms with van der Waals surface area (Å²) in [7, 11) is 0. The minimum atomic E-state index is 1.06. The summed E-state index contributed by atoms with van der Waals surface area (Å²) in [6.45, 7) is 16.8. The maximum absolute atomic E-state index is 3.66. The molecular formula is C12H20. The van der Waals surface area contributed by atoms with Gasteiger partial charge in [-0.3, -0.25) is 0 Å². The van der Waals surface area contributed by atoms with Gasteiger partial charge in [-0.25, -0.2) is 0 Å². The fourth-order valence-corrected chi connectivity index (χ4v) is 0.232. The average Bonchev–Trinajstić information content (AvgIpc) is 2.02. The van der Waals surface area contributed by atoms with Gasteiger partial charge in [0.15, 0.2) is 0 Å². The molecule has 68 valence electrons. The van der Waals surface area contributed by atoms with E-state index in [1.165, 1.54) is 0 Å². The molecule has 0 nitrogen and oxygen atoms in total. The molecule has 0 aromatic rings. The molecule has 0 aromatic heterocycles. The van der Waals surface area contributed by atoms with Crippen molar-refractivity contribution >= 4 is 0 Å². The van der Waals surface area contributed by atoms with Crippen molar-refractivity contribution in [3.63, 3.8) is 0 Å². The van der Waals surface area contributed by atoms with Gasteiger partial charge in [0.25, 0.3) is 0 Å². The summed E-state index contributed by atoms with van der Waals surface area (Å²) >= 11 is 0. The summed E-state index contributed by atoms with van der Waals surface area (Å²) < 4.78 is 0. The Morgan fingerprint density at radius 2 is 1.58 bits per heavy atom. The van der Waals surface area contributed by atoms with Gasteiger partial charge in [0, 0.05) is 0 Å². The number of hydrogen-bond acceptors (Lipinski definition) is 0. The first-order valence-corrected chi connectivity index (χ1v) is 4.15. The van der Waals surface area contributed by atoms with E-state index in [-0.39, 0.29) is 0 Å². The Morgan fingerprint density at radius 1 is 1.17 bits per heavy atom. The highest BCUT2D eigenvalue weighted by Gasteiger charge is 1.77. The third kappa shape index (κ3) is 16.0. The molecule has 0 spiro atoms. The van der Waals surface area contributed by atoms with Crippen LogP contribution in [0.25, 0.3) is 0 Å². The van der Waals surface area contributed by atoms with E-state index in [9.17, 15) is 0 Å². The van der Waals surface area contributed by atoms with Crippen LogP contribution in [0.5, 0.6) is 0 Å². The van der Waals surface area contributed by atoms with Crippen LogP contribution in [-0.2, 0) is 0 Å². The summed E-state index contributed by atoms with van der Waals surface area (Å²) in [4.78, 5) is 0. The van der Waals surface area contributed by atoms with Crippen LogP contribution in [-0.4, -0.2) is 0 Å². The summed E-state index contributed by atoms with van der Waals surface area (Å²) in [5.41, 5.74) is 2.13. The Hall–Kier alpha value is -1.04. The summed E-state index contributed by atoms with van der Waals surface area (Å²) in [6, 6.07) is 0. The van der Waals surface area contributed by atoms with Gasteiger partial charge in [-0.05, 0) is 20.3 Å². The molecule has 0 amide bonds. The van der Waals surface area contributed by atoms with Crippen LogP contribution < -0.4 is 0 Å². The highest BCUT2D eigenvalue weighted by atomic mass is 13.8.